The lowest BCUT2D eigenvalue weighted by atomic mass is 10.0. The summed E-state index contributed by atoms with van der Waals surface area (Å²) in [5, 5.41) is 12.4. The number of ether oxygens (including phenoxy) is 1. The number of piperidine rings is 1. The van der Waals surface area contributed by atoms with Gasteiger partial charge in [0.1, 0.15) is 6.10 Å². The fourth-order valence-corrected chi connectivity index (χ4v) is 2.98. The normalized spacial score (nSPS) is 19.8. The van der Waals surface area contributed by atoms with E-state index in [1.165, 1.54) is 11.3 Å². The molecule has 20 heavy (non-hydrogen) atoms. The number of carbonyl (C=O) groups is 1. The van der Waals surface area contributed by atoms with E-state index < -0.39 is 11.6 Å². The monoisotopic (exact) mass is 293 g/mol. The molecule has 0 spiro atoms. The molecule has 1 aromatic rings. The van der Waals surface area contributed by atoms with Crippen LogP contribution in [0.25, 0.3) is 0 Å². The fraction of sp³-hybridized carbons (Fsp3) is 0.533. The van der Waals surface area contributed by atoms with Crippen LogP contribution in [0.15, 0.2) is 17.5 Å². The molecule has 4 nitrogen and oxygen atoms in total. The first-order chi connectivity index (χ1) is 9.56. The molecule has 1 aliphatic heterocycles. The second-order valence-corrected chi connectivity index (χ2v) is 5.92. The molecule has 2 heterocycles. The maximum atomic E-state index is 12.3. The van der Waals surface area contributed by atoms with Crippen molar-refractivity contribution >= 4 is 17.3 Å². The summed E-state index contributed by atoms with van der Waals surface area (Å²) in [7, 11) is 2.04. The quantitative estimate of drug-likeness (QED) is 0.679. The maximum absolute atomic E-state index is 12.3. The Labute approximate surface area is 123 Å². The molecule has 1 fully saturated rings. The number of nitrogens with zero attached hydrogens (tertiary/aromatic N) is 1. The molecule has 0 radical (unpaired) electrons. The van der Waals surface area contributed by atoms with Crippen molar-refractivity contribution in [3.8, 4) is 11.8 Å². The predicted octanol–water partition coefficient (Wildman–Crippen LogP) is 1.60. The molecule has 108 valence electrons. The lowest BCUT2D eigenvalue weighted by molar-refractivity contribution is -0.167. The fourth-order valence-electron chi connectivity index (χ4n) is 2.22. The van der Waals surface area contributed by atoms with Crippen molar-refractivity contribution in [2.45, 2.75) is 31.5 Å². The number of carbonyl (C=O) groups excluding carboxylic acids is 1. The summed E-state index contributed by atoms with van der Waals surface area (Å²) in [6.07, 6.45) is 1.45. The highest BCUT2D eigenvalue weighted by atomic mass is 32.1. The molecule has 1 unspecified atom stereocenters. The SMILES string of the molecule is CC#CC(O)(C(=O)OC1CCN(C)CC1)c1cccs1. The van der Waals surface area contributed by atoms with Gasteiger partial charge in [0.05, 0.1) is 4.88 Å². The highest BCUT2D eigenvalue weighted by molar-refractivity contribution is 7.10. The van der Waals surface area contributed by atoms with Crippen LogP contribution in [0.5, 0.6) is 0 Å². The summed E-state index contributed by atoms with van der Waals surface area (Å²) in [6.45, 7) is 3.39. The number of hydrogen-bond donors (Lipinski definition) is 1. The summed E-state index contributed by atoms with van der Waals surface area (Å²) >= 11 is 1.30. The summed E-state index contributed by atoms with van der Waals surface area (Å²) in [5.74, 6) is 4.55. The second kappa shape index (κ2) is 6.40. The van der Waals surface area contributed by atoms with Gasteiger partial charge in [-0.3, -0.25) is 0 Å². The number of rotatable bonds is 3. The number of likely N-dealkylation sites (tertiary alicyclic amines) is 1. The Hall–Kier alpha value is -1.35. The summed E-state index contributed by atoms with van der Waals surface area (Å²) in [4.78, 5) is 15.0. The third-order valence-corrected chi connectivity index (χ3v) is 4.40. The smallest absolute Gasteiger partial charge is 0.357 e. The van der Waals surface area contributed by atoms with Crippen molar-refractivity contribution < 1.29 is 14.6 Å². The standard InChI is InChI=1S/C15H19NO3S/c1-3-8-15(18,13-5-4-11-20-13)14(17)19-12-6-9-16(2)10-7-12/h4-5,11-12,18H,6-7,9-10H2,1-2H3. The first kappa shape index (κ1) is 15.0. The van der Waals surface area contributed by atoms with E-state index in [4.69, 9.17) is 4.74 Å². The average molecular weight is 293 g/mol. The lowest BCUT2D eigenvalue weighted by Crippen LogP contribution is -2.41. The lowest BCUT2D eigenvalue weighted by Gasteiger charge is -2.30. The van der Waals surface area contributed by atoms with E-state index in [1.54, 1.807) is 24.4 Å². The highest BCUT2D eigenvalue weighted by Crippen LogP contribution is 2.28. The van der Waals surface area contributed by atoms with Crippen molar-refractivity contribution in [1.29, 1.82) is 0 Å². The Bertz CT molecular complexity index is 509. The van der Waals surface area contributed by atoms with E-state index in [0.29, 0.717) is 4.88 Å². The van der Waals surface area contributed by atoms with Gasteiger partial charge in [0.25, 0.3) is 5.60 Å². The van der Waals surface area contributed by atoms with Crippen LogP contribution in [0.4, 0.5) is 0 Å². The summed E-state index contributed by atoms with van der Waals surface area (Å²) < 4.78 is 5.47. The van der Waals surface area contributed by atoms with Crippen LogP contribution < -0.4 is 0 Å². The Balaban J connectivity index is 2.10. The Morgan fingerprint density at radius 1 is 1.55 bits per heavy atom. The third-order valence-electron chi connectivity index (χ3n) is 3.42. The topological polar surface area (TPSA) is 49.8 Å². The van der Waals surface area contributed by atoms with Gasteiger partial charge in [0.15, 0.2) is 0 Å². The van der Waals surface area contributed by atoms with Gasteiger partial charge in [-0.2, -0.15) is 0 Å². The van der Waals surface area contributed by atoms with Gasteiger partial charge in [-0.15, -0.1) is 17.3 Å². The van der Waals surface area contributed by atoms with Gasteiger partial charge < -0.3 is 14.7 Å². The molecule has 0 saturated carbocycles. The molecule has 1 aliphatic rings. The van der Waals surface area contributed by atoms with E-state index >= 15 is 0 Å². The minimum Gasteiger partial charge on any atom is -0.459 e. The largest absolute Gasteiger partial charge is 0.459 e. The zero-order valence-electron chi connectivity index (χ0n) is 11.8. The van der Waals surface area contributed by atoms with Crippen LogP contribution in [-0.2, 0) is 15.1 Å². The third kappa shape index (κ3) is 3.21. The van der Waals surface area contributed by atoms with Crippen LogP contribution in [-0.4, -0.2) is 42.2 Å². The number of thiophene rings is 1. The Morgan fingerprint density at radius 3 is 2.80 bits per heavy atom. The van der Waals surface area contributed by atoms with E-state index in [2.05, 4.69) is 16.7 Å². The van der Waals surface area contributed by atoms with Gasteiger partial charge in [-0.1, -0.05) is 12.0 Å². The summed E-state index contributed by atoms with van der Waals surface area (Å²) in [6, 6.07) is 3.48. The first-order valence-electron chi connectivity index (χ1n) is 6.66. The molecule has 1 saturated heterocycles. The van der Waals surface area contributed by atoms with Crippen molar-refractivity contribution in [2.24, 2.45) is 0 Å². The minimum absolute atomic E-state index is 0.135. The molecule has 0 aliphatic carbocycles. The molecule has 1 aromatic heterocycles. The molecular weight excluding hydrogens is 274 g/mol. The van der Waals surface area contributed by atoms with Gasteiger partial charge >= 0.3 is 5.97 Å². The zero-order chi connectivity index (χ0) is 14.6. The van der Waals surface area contributed by atoms with Gasteiger partial charge in [-0.05, 0) is 38.3 Å². The average Bonchev–Trinajstić information content (AvgIpc) is 2.96. The van der Waals surface area contributed by atoms with Crippen LogP contribution in [0.3, 0.4) is 0 Å². The molecule has 0 aromatic carbocycles. The van der Waals surface area contributed by atoms with Gasteiger partial charge in [0.2, 0.25) is 0 Å². The van der Waals surface area contributed by atoms with Crippen LogP contribution in [0.2, 0.25) is 0 Å². The summed E-state index contributed by atoms with van der Waals surface area (Å²) in [5.41, 5.74) is -1.84. The van der Waals surface area contributed by atoms with Crippen LogP contribution in [0.1, 0.15) is 24.6 Å². The Morgan fingerprint density at radius 2 is 2.25 bits per heavy atom. The van der Waals surface area contributed by atoms with E-state index in [-0.39, 0.29) is 6.10 Å². The molecule has 1 atom stereocenters. The molecule has 0 bridgehead atoms. The van der Waals surface area contributed by atoms with Crippen LogP contribution >= 0.6 is 11.3 Å². The molecule has 0 amide bonds. The number of hydrogen-bond acceptors (Lipinski definition) is 5. The second-order valence-electron chi connectivity index (χ2n) is 4.97. The number of aliphatic hydroxyl groups is 1. The van der Waals surface area contributed by atoms with Crippen molar-refractivity contribution in [3.05, 3.63) is 22.4 Å². The van der Waals surface area contributed by atoms with E-state index in [1.807, 2.05) is 7.05 Å². The van der Waals surface area contributed by atoms with E-state index in [0.717, 1.165) is 25.9 Å². The van der Waals surface area contributed by atoms with Gasteiger partial charge in [0, 0.05) is 13.1 Å². The van der Waals surface area contributed by atoms with Crippen molar-refractivity contribution in [3.63, 3.8) is 0 Å². The first-order valence-corrected chi connectivity index (χ1v) is 7.54. The molecule has 1 N–H and O–H groups in total. The van der Waals surface area contributed by atoms with Crippen LogP contribution in [0, 0.1) is 11.8 Å². The molecule has 2 rings (SSSR count). The van der Waals surface area contributed by atoms with Gasteiger partial charge in [-0.25, -0.2) is 4.79 Å². The van der Waals surface area contributed by atoms with E-state index in [9.17, 15) is 9.90 Å². The predicted molar refractivity (Wildman–Crippen MR) is 78.3 cm³/mol. The minimum atomic E-state index is -1.84. The zero-order valence-corrected chi connectivity index (χ0v) is 12.6. The Kier molecular flexibility index (Phi) is 4.81. The number of esters is 1. The molecular formula is C15H19NO3S. The van der Waals surface area contributed by atoms with Crippen molar-refractivity contribution in [2.75, 3.05) is 20.1 Å². The highest BCUT2D eigenvalue weighted by Gasteiger charge is 2.40. The maximum Gasteiger partial charge on any atom is 0.357 e. The van der Waals surface area contributed by atoms with Crippen molar-refractivity contribution in [1.82, 2.24) is 4.90 Å². The molecule has 5 heteroatoms.